The number of nitrogens with two attached hydrogens (primary N) is 1. The molecule has 0 heterocycles. The van der Waals surface area contributed by atoms with E-state index in [0.717, 1.165) is 21.7 Å². The third kappa shape index (κ3) is 2.24. The lowest BCUT2D eigenvalue weighted by Gasteiger charge is -2.39. The maximum Gasteiger partial charge on any atom is 0.124 e. The van der Waals surface area contributed by atoms with E-state index < -0.39 is 0 Å². The van der Waals surface area contributed by atoms with Crippen LogP contribution in [0.5, 0.6) is 5.75 Å². The van der Waals surface area contributed by atoms with Crippen LogP contribution in [-0.4, -0.2) is 6.10 Å². The van der Waals surface area contributed by atoms with Gasteiger partial charge in [0.2, 0.25) is 0 Å². The molecule has 2 bridgehead atoms. The zero-order valence-corrected chi connectivity index (χ0v) is 15.0. The van der Waals surface area contributed by atoms with Crippen LogP contribution in [0.3, 0.4) is 0 Å². The van der Waals surface area contributed by atoms with Crippen molar-refractivity contribution < 1.29 is 4.74 Å². The van der Waals surface area contributed by atoms with Crippen LogP contribution in [0.15, 0.2) is 22.7 Å². The second-order valence-corrected chi connectivity index (χ2v) is 8.60. The van der Waals surface area contributed by atoms with Crippen LogP contribution in [0, 0.1) is 16.7 Å². The maximum absolute atomic E-state index is 6.49. The number of hydrogen-bond acceptors (Lipinski definition) is 2. The molecule has 1 aromatic rings. The van der Waals surface area contributed by atoms with E-state index in [2.05, 4.69) is 48.8 Å². The lowest BCUT2D eigenvalue weighted by Crippen LogP contribution is -2.39. The highest BCUT2D eigenvalue weighted by Crippen LogP contribution is 2.66. The maximum atomic E-state index is 6.49. The summed E-state index contributed by atoms with van der Waals surface area (Å²) in [6.07, 6.45) is 4.12. The summed E-state index contributed by atoms with van der Waals surface area (Å²) in [5.74, 6) is 1.75. The van der Waals surface area contributed by atoms with Gasteiger partial charge in [-0.2, -0.15) is 0 Å². The Bertz CT molecular complexity index is 554. The molecule has 2 fully saturated rings. The molecule has 2 nitrogen and oxygen atoms in total. The molecule has 2 saturated carbocycles. The fourth-order valence-corrected chi connectivity index (χ4v) is 4.82. The fourth-order valence-electron chi connectivity index (χ4n) is 4.44. The summed E-state index contributed by atoms with van der Waals surface area (Å²) in [7, 11) is 0. The minimum absolute atomic E-state index is 0.0168. The largest absolute Gasteiger partial charge is 0.489 e. The molecular formula is C18H26BrNO. The lowest BCUT2D eigenvalue weighted by atomic mass is 9.70. The SMILES string of the molecule is CC(N)c1cc(Br)ccc1OC1CC2CCC1(C)C2(C)C. The lowest BCUT2D eigenvalue weighted by molar-refractivity contribution is 0.0294. The molecule has 0 spiro atoms. The summed E-state index contributed by atoms with van der Waals surface area (Å²) >= 11 is 3.53. The van der Waals surface area contributed by atoms with Gasteiger partial charge < -0.3 is 10.5 Å². The Hall–Kier alpha value is -0.540. The van der Waals surface area contributed by atoms with Crippen molar-refractivity contribution in [3.05, 3.63) is 28.2 Å². The van der Waals surface area contributed by atoms with E-state index in [1.807, 2.05) is 13.0 Å². The Morgan fingerprint density at radius 2 is 2.05 bits per heavy atom. The van der Waals surface area contributed by atoms with Crippen LogP contribution in [0.4, 0.5) is 0 Å². The van der Waals surface area contributed by atoms with Gasteiger partial charge in [0.25, 0.3) is 0 Å². The predicted octanol–water partition coefficient (Wildman–Crippen LogP) is 5.06. The molecule has 116 valence electrons. The number of rotatable bonds is 3. The van der Waals surface area contributed by atoms with Crippen molar-refractivity contribution in [2.24, 2.45) is 22.5 Å². The second-order valence-electron chi connectivity index (χ2n) is 7.69. The molecule has 4 atom stereocenters. The summed E-state index contributed by atoms with van der Waals surface area (Å²) in [5.41, 5.74) is 7.86. The van der Waals surface area contributed by atoms with Crippen LogP contribution < -0.4 is 10.5 Å². The average Bonchev–Trinajstić information content (AvgIpc) is 2.73. The molecule has 0 amide bonds. The molecule has 2 N–H and O–H groups in total. The normalized spacial score (nSPS) is 35.0. The summed E-state index contributed by atoms with van der Waals surface area (Å²) in [6.45, 7) is 9.26. The summed E-state index contributed by atoms with van der Waals surface area (Å²) in [4.78, 5) is 0. The number of ether oxygens (including phenoxy) is 1. The molecule has 3 heteroatoms. The van der Waals surface area contributed by atoms with Gasteiger partial charge in [0, 0.05) is 21.5 Å². The van der Waals surface area contributed by atoms with Crippen molar-refractivity contribution in [2.45, 2.75) is 59.1 Å². The Morgan fingerprint density at radius 1 is 1.33 bits per heavy atom. The van der Waals surface area contributed by atoms with Gasteiger partial charge in [-0.25, -0.2) is 0 Å². The van der Waals surface area contributed by atoms with E-state index in [1.54, 1.807) is 0 Å². The summed E-state index contributed by atoms with van der Waals surface area (Å²) in [6, 6.07) is 6.17. The first-order valence-corrected chi connectivity index (χ1v) is 8.76. The smallest absolute Gasteiger partial charge is 0.124 e. The van der Waals surface area contributed by atoms with E-state index >= 15 is 0 Å². The zero-order valence-electron chi connectivity index (χ0n) is 13.4. The quantitative estimate of drug-likeness (QED) is 0.825. The van der Waals surface area contributed by atoms with Gasteiger partial charge >= 0.3 is 0 Å². The first-order valence-electron chi connectivity index (χ1n) is 7.97. The molecule has 0 aliphatic heterocycles. The Morgan fingerprint density at radius 3 is 2.57 bits per heavy atom. The summed E-state index contributed by atoms with van der Waals surface area (Å²) in [5, 5.41) is 0. The van der Waals surface area contributed by atoms with Gasteiger partial charge in [-0.15, -0.1) is 0 Å². The van der Waals surface area contributed by atoms with E-state index in [-0.39, 0.29) is 11.5 Å². The van der Waals surface area contributed by atoms with E-state index in [0.29, 0.717) is 11.5 Å². The van der Waals surface area contributed by atoms with Crippen LogP contribution in [0.25, 0.3) is 0 Å². The highest BCUT2D eigenvalue weighted by atomic mass is 79.9. The molecular weight excluding hydrogens is 326 g/mol. The minimum atomic E-state index is -0.0168. The minimum Gasteiger partial charge on any atom is -0.489 e. The highest BCUT2D eigenvalue weighted by molar-refractivity contribution is 9.10. The van der Waals surface area contributed by atoms with Gasteiger partial charge in [-0.1, -0.05) is 36.7 Å². The molecule has 2 aliphatic rings. The van der Waals surface area contributed by atoms with E-state index in [1.165, 1.54) is 19.3 Å². The van der Waals surface area contributed by atoms with Crippen molar-refractivity contribution in [3.8, 4) is 5.75 Å². The van der Waals surface area contributed by atoms with Gasteiger partial charge in [0.15, 0.2) is 0 Å². The third-order valence-electron chi connectivity index (χ3n) is 6.45. The van der Waals surface area contributed by atoms with Crippen molar-refractivity contribution in [3.63, 3.8) is 0 Å². The first kappa shape index (κ1) is 15.4. The third-order valence-corrected chi connectivity index (χ3v) is 6.94. The number of benzene rings is 1. The fraction of sp³-hybridized carbons (Fsp3) is 0.667. The van der Waals surface area contributed by atoms with Crippen LogP contribution >= 0.6 is 15.9 Å². The number of hydrogen-bond donors (Lipinski definition) is 1. The van der Waals surface area contributed by atoms with E-state index in [4.69, 9.17) is 10.5 Å². The standard InChI is InChI=1S/C18H26BrNO/c1-11(20)14-10-13(19)5-6-15(14)21-16-9-12-7-8-18(16,4)17(12,2)3/h5-6,10-12,16H,7-9,20H2,1-4H3. The molecule has 0 saturated heterocycles. The predicted molar refractivity (Wildman–Crippen MR) is 90.4 cm³/mol. The Labute approximate surface area is 136 Å². The second kappa shape index (κ2) is 4.99. The highest BCUT2D eigenvalue weighted by Gasteiger charge is 2.62. The first-order chi connectivity index (χ1) is 9.75. The van der Waals surface area contributed by atoms with Gasteiger partial charge in [0.1, 0.15) is 11.9 Å². The average molecular weight is 352 g/mol. The van der Waals surface area contributed by atoms with Crippen molar-refractivity contribution in [2.75, 3.05) is 0 Å². The molecule has 21 heavy (non-hydrogen) atoms. The molecule has 0 radical (unpaired) electrons. The van der Waals surface area contributed by atoms with Crippen molar-refractivity contribution >= 4 is 15.9 Å². The van der Waals surface area contributed by atoms with Gasteiger partial charge in [-0.05, 0) is 55.7 Å². The molecule has 1 aromatic carbocycles. The molecule has 2 aliphatic carbocycles. The number of fused-ring (bicyclic) bond motifs is 2. The van der Waals surface area contributed by atoms with Crippen LogP contribution in [-0.2, 0) is 0 Å². The van der Waals surface area contributed by atoms with Crippen molar-refractivity contribution in [1.82, 2.24) is 0 Å². The van der Waals surface area contributed by atoms with Crippen LogP contribution in [0.1, 0.15) is 58.6 Å². The van der Waals surface area contributed by atoms with Gasteiger partial charge in [0.05, 0.1) is 0 Å². The van der Waals surface area contributed by atoms with E-state index in [9.17, 15) is 0 Å². The van der Waals surface area contributed by atoms with Crippen LogP contribution in [0.2, 0.25) is 0 Å². The molecule has 4 unspecified atom stereocenters. The molecule has 3 rings (SSSR count). The topological polar surface area (TPSA) is 35.2 Å². The van der Waals surface area contributed by atoms with Gasteiger partial charge in [-0.3, -0.25) is 0 Å². The Balaban J connectivity index is 1.89. The monoisotopic (exact) mass is 351 g/mol. The summed E-state index contributed by atoms with van der Waals surface area (Å²) < 4.78 is 7.55. The van der Waals surface area contributed by atoms with Crippen molar-refractivity contribution in [1.29, 1.82) is 0 Å². The Kier molecular flexibility index (Phi) is 3.65. The zero-order chi connectivity index (χ0) is 15.4. The molecule has 0 aromatic heterocycles. The number of halogens is 1.